The molecule has 1 unspecified atom stereocenters. The summed E-state index contributed by atoms with van der Waals surface area (Å²) in [7, 11) is 0. The Balaban J connectivity index is 2.24. The second kappa shape index (κ2) is 6.22. The summed E-state index contributed by atoms with van der Waals surface area (Å²) in [6.45, 7) is 4.79. The van der Waals surface area contributed by atoms with Crippen LogP contribution in [0.15, 0.2) is 46.9 Å². The first-order valence-corrected chi connectivity index (χ1v) is 7.18. The second-order valence-corrected chi connectivity index (χ2v) is 5.78. The quantitative estimate of drug-likeness (QED) is 0.887. The summed E-state index contributed by atoms with van der Waals surface area (Å²) in [5, 5.41) is 3.49. The highest BCUT2D eigenvalue weighted by Gasteiger charge is 2.10. The molecule has 0 amide bonds. The molecule has 0 aliphatic heterocycles. The first kappa shape index (κ1) is 14.1. The Bertz CT molecular complexity index is 546. The number of anilines is 1. The van der Waals surface area contributed by atoms with Crippen LogP contribution in [0.3, 0.4) is 0 Å². The normalized spacial score (nSPS) is 12.2. The Morgan fingerprint density at radius 1 is 1.11 bits per heavy atom. The Morgan fingerprint density at radius 3 is 2.37 bits per heavy atom. The van der Waals surface area contributed by atoms with Crippen LogP contribution in [0.4, 0.5) is 5.69 Å². The molecule has 1 atom stereocenters. The van der Waals surface area contributed by atoms with Crippen LogP contribution >= 0.6 is 15.9 Å². The molecular formula is C16H19BrN2. The average Bonchev–Trinajstić information content (AvgIpc) is 2.34. The summed E-state index contributed by atoms with van der Waals surface area (Å²) in [6, 6.07) is 14.8. The van der Waals surface area contributed by atoms with Crippen LogP contribution in [0.2, 0.25) is 0 Å². The van der Waals surface area contributed by atoms with Gasteiger partial charge in [0.2, 0.25) is 0 Å². The van der Waals surface area contributed by atoms with Crippen LogP contribution in [0.25, 0.3) is 0 Å². The Hall–Kier alpha value is -1.32. The van der Waals surface area contributed by atoms with Crippen LogP contribution in [0.1, 0.15) is 22.7 Å². The van der Waals surface area contributed by atoms with Gasteiger partial charge in [-0.05, 0) is 37.6 Å². The van der Waals surface area contributed by atoms with E-state index in [1.807, 2.05) is 12.1 Å². The first-order valence-electron chi connectivity index (χ1n) is 6.39. The van der Waals surface area contributed by atoms with Crippen molar-refractivity contribution < 1.29 is 0 Å². The van der Waals surface area contributed by atoms with Crippen LogP contribution in [-0.4, -0.2) is 6.54 Å². The Labute approximate surface area is 123 Å². The third kappa shape index (κ3) is 3.82. The number of hydrogen-bond acceptors (Lipinski definition) is 2. The number of aryl methyl sites for hydroxylation is 2. The topological polar surface area (TPSA) is 38.0 Å². The lowest BCUT2D eigenvalue weighted by atomic mass is 10.0. The fourth-order valence-electron chi connectivity index (χ4n) is 2.27. The summed E-state index contributed by atoms with van der Waals surface area (Å²) >= 11 is 3.48. The molecule has 0 saturated heterocycles. The minimum absolute atomic E-state index is 0.132. The zero-order valence-electron chi connectivity index (χ0n) is 11.3. The van der Waals surface area contributed by atoms with Crippen LogP contribution in [-0.2, 0) is 0 Å². The molecule has 0 aliphatic rings. The summed E-state index contributed by atoms with van der Waals surface area (Å²) in [4.78, 5) is 0. The molecule has 2 aromatic rings. The second-order valence-electron chi connectivity index (χ2n) is 4.86. The summed E-state index contributed by atoms with van der Waals surface area (Å²) in [5.41, 5.74) is 10.8. The molecule has 0 bridgehead atoms. The zero-order valence-corrected chi connectivity index (χ0v) is 12.9. The van der Waals surface area contributed by atoms with Gasteiger partial charge >= 0.3 is 0 Å². The van der Waals surface area contributed by atoms with Crippen molar-refractivity contribution >= 4 is 21.6 Å². The van der Waals surface area contributed by atoms with E-state index in [9.17, 15) is 0 Å². The largest absolute Gasteiger partial charge is 0.377 e. The lowest BCUT2D eigenvalue weighted by Gasteiger charge is -2.20. The predicted molar refractivity (Wildman–Crippen MR) is 85.5 cm³/mol. The number of rotatable bonds is 4. The molecule has 0 radical (unpaired) electrons. The van der Waals surface area contributed by atoms with E-state index in [-0.39, 0.29) is 6.04 Å². The van der Waals surface area contributed by atoms with Crippen molar-refractivity contribution in [2.75, 3.05) is 11.9 Å². The van der Waals surface area contributed by atoms with Gasteiger partial charge in [0.15, 0.2) is 0 Å². The molecule has 19 heavy (non-hydrogen) atoms. The highest BCUT2D eigenvalue weighted by molar-refractivity contribution is 9.10. The number of halogens is 1. The van der Waals surface area contributed by atoms with Gasteiger partial charge < -0.3 is 11.1 Å². The lowest BCUT2D eigenvalue weighted by Crippen LogP contribution is -2.20. The molecule has 0 aromatic heterocycles. The molecule has 0 saturated carbocycles. The van der Waals surface area contributed by atoms with Gasteiger partial charge in [0.05, 0.1) is 6.04 Å². The van der Waals surface area contributed by atoms with Gasteiger partial charge in [0.1, 0.15) is 0 Å². The van der Waals surface area contributed by atoms with Crippen LogP contribution in [0.5, 0.6) is 0 Å². The van der Waals surface area contributed by atoms with E-state index in [0.29, 0.717) is 6.54 Å². The molecule has 0 aliphatic carbocycles. The minimum Gasteiger partial charge on any atom is -0.377 e. The van der Waals surface area contributed by atoms with E-state index in [1.165, 1.54) is 16.7 Å². The molecule has 0 fully saturated rings. The maximum atomic E-state index is 5.92. The zero-order chi connectivity index (χ0) is 13.8. The third-order valence-corrected chi connectivity index (χ3v) is 3.54. The van der Waals surface area contributed by atoms with Crippen LogP contribution in [0, 0.1) is 13.8 Å². The molecule has 2 aromatic carbocycles. The third-order valence-electron chi connectivity index (χ3n) is 3.05. The number of nitrogens with two attached hydrogens (primary N) is 1. The summed E-state index contributed by atoms with van der Waals surface area (Å²) in [6.07, 6.45) is 0. The standard InChI is InChI=1S/C16H19BrN2/c1-11-6-12(2)8-13(7-11)16(10-18)19-15-5-3-4-14(17)9-15/h3-9,16,19H,10,18H2,1-2H3. The van der Waals surface area contributed by atoms with Gasteiger partial charge in [-0.3, -0.25) is 0 Å². The smallest absolute Gasteiger partial charge is 0.0636 e. The minimum atomic E-state index is 0.132. The monoisotopic (exact) mass is 318 g/mol. The molecule has 0 heterocycles. The molecule has 0 spiro atoms. The highest BCUT2D eigenvalue weighted by atomic mass is 79.9. The van der Waals surface area contributed by atoms with Crippen molar-refractivity contribution in [1.82, 2.24) is 0 Å². The molecule has 3 heteroatoms. The average molecular weight is 319 g/mol. The Kier molecular flexibility index (Phi) is 4.61. The highest BCUT2D eigenvalue weighted by Crippen LogP contribution is 2.23. The van der Waals surface area contributed by atoms with Gasteiger partial charge in [-0.2, -0.15) is 0 Å². The van der Waals surface area contributed by atoms with E-state index in [0.717, 1.165) is 10.2 Å². The molecule has 3 N–H and O–H groups in total. The van der Waals surface area contributed by atoms with Crippen LogP contribution < -0.4 is 11.1 Å². The van der Waals surface area contributed by atoms with Crippen molar-refractivity contribution in [1.29, 1.82) is 0 Å². The van der Waals surface area contributed by atoms with E-state index in [1.54, 1.807) is 0 Å². The fraction of sp³-hybridized carbons (Fsp3) is 0.250. The van der Waals surface area contributed by atoms with Gasteiger partial charge in [-0.1, -0.05) is 51.3 Å². The predicted octanol–water partition coefficient (Wildman–Crippen LogP) is 4.18. The SMILES string of the molecule is Cc1cc(C)cc(C(CN)Nc2cccc(Br)c2)c1. The lowest BCUT2D eigenvalue weighted by molar-refractivity contribution is 0.788. The van der Waals surface area contributed by atoms with Crippen molar-refractivity contribution in [2.24, 2.45) is 5.73 Å². The summed E-state index contributed by atoms with van der Waals surface area (Å²) in [5.74, 6) is 0. The molecule has 100 valence electrons. The van der Waals surface area contributed by atoms with Crippen molar-refractivity contribution in [3.05, 3.63) is 63.6 Å². The van der Waals surface area contributed by atoms with E-state index in [2.05, 4.69) is 65.4 Å². The van der Waals surface area contributed by atoms with E-state index in [4.69, 9.17) is 5.73 Å². The van der Waals surface area contributed by atoms with Crippen molar-refractivity contribution in [3.63, 3.8) is 0 Å². The molecule has 2 rings (SSSR count). The van der Waals surface area contributed by atoms with E-state index >= 15 is 0 Å². The van der Waals surface area contributed by atoms with Crippen molar-refractivity contribution in [3.8, 4) is 0 Å². The number of benzene rings is 2. The van der Waals surface area contributed by atoms with Gasteiger partial charge in [0, 0.05) is 16.7 Å². The maximum absolute atomic E-state index is 5.92. The number of nitrogens with one attached hydrogen (secondary N) is 1. The fourth-order valence-corrected chi connectivity index (χ4v) is 2.67. The van der Waals surface area contributed by atoms with Gasteiger partial charge in [0.25, 0.3) is 0 Å². The van der Waals surface area contributed by atoms with Gasteiger partial charge in [-0.15, -0.1) is 0 Å². The maximum Gasteiger partial charge on any atom is 0.0636 e. The number of hydrogen-bond donors (Lipinski definition) is 2. The molecular weight excluding hydrogens is 300 g/mol. The Morgan fingerprint density at radius 2 is 1.79 bits per heavy atom. The summed E-state index contributed by atoms with van der Waals surface area (Å²) < 4.78 is 1.06. The van der Waals surface area contributed by atoms with Crippen molar-refractivity contribution in [2.45, 2.75) is 19.9 Å². The van der Waals surface area contributed by atoms with E-state index < -0.39 is 0 Å². The molecule has 2 nitrogen and oxygen atoms in total. The van der Waals surface area contributed by atoms with Gasteiger partial charge in [-0.25, -0.2) is 0 Å². The first-order chi connectivity index (χ1) is 9.08.